The molecule has 1 atom stereocenters. The number of esters is 2. The van der Waals surface area contributed by atoms with Gasteiger partial charge < -0.3 is 34.2 Å². The standard InChI is InChI=1S/C26H39NO10/c1-7-12-34-23(30)36-19-10-9-18(15-20(19)37-24(31)35-13-8-2)16-26(27,22(29)32-6)11-14-33-21(28)17-25(3,4)5/h9-10,15H,7-8,11-14,16-17,27H2,1-6H3/t26-/m1/s1. The summed E-state index contributed by atoms with van der Waals surface area (Å²) < 4.78 is 30.4. The van der Waals surface area contributed by atoms with Gasteiger partial charge in [-0.25, -0.2) is 9.59 Å². The van der Waals surface area contributed by atoms with Crippen molar-refractivity contribution < 1.29 is 47.6 Å². The maximum Gasteiger partial charge on any atom is 0.513 e. The van der Waals surface area contributed by atoms with Gasteiger partial charge in [-0.05, 0) is 36.0 Å². The Morgan fingerprint density at radius 1 is 0.838 bits per heavy atom. The summed E-state index contributed by atoms with van der Waals surface area (Å²) in [7, 11) is 1.20. The molecule has 0 fully saturated rings. The molecule has 0 amide bonds. The quantitative estimate of drug-likeness (QED) is 0.223. The molecule has 0 aliphatic carbocycles. The molecular formula is C26H39NO10. The molecule has 0 aromatic heterocycles. The summed E-state index contributed by atoms with van der Waals surface area (Å²) in [5.41, 5.74) is 5.04. The predicted molar refractivity (Wildman–Crippen MR) is 133 cm³/mol. The fourth-order valence-electron chi connectivity index (χ4n) is 3.10. The molecule has 208 valence electrons. The Bertz CT molecular complexity index is 924. The Morgan fingerprint density at radius 3 is 1.92 bits per heavy atom. The van der Waals surface area contributed by atoms with Crippen LogP contribution in [0.5, 0.6) is 11.5 Å². The van der Waals surface area contributed by atoms with Gasteiger partial charge in [0, 0.05) is 12.8 Å². The van der Waals surface area contributed by atoms with E-state index < -0.39 is 29.8 Å². The van der Waals surface area contributed by atoms with Gasteiger partial charge in [0.05, 0.1) is 33.4 Å². The monoisotopic (exact) mass is 525 g/mol. The third-order valence-corrected chi connectivity index (χ3v) is 4.84. The maximum atomic E-state index is 12.6. The minimum Gasteiger partial charge on any atom is -0.468 e. The normalized spacial score (nSPS) is 12.6. The van der Waals surface area contributed by atoms with E-state index >= 15 is 0 Å². The van der Waals surface area contributed by atoms with Crippen LogP contribution >= 0.6 is 0 Å². The van der Waals surface area contributed by atoms with Crippen molar-refractivity contribution in [2.45, 2.75) is 72.3 Å². The van der Waals surface area contributed by atoms with E-state index in [0.29, 0.717) is 18.4 Å². The van der Waals surface area contributed by atoms with Crippen LogP contribution in [0.25, 0.3) is 0 Å². The summed E-state index contributed by atoms with van der Waals surface area (Å²) in [5, 5.41) is 0. The van der Waals surface area contributed by atoms with Crippen LogP contribution in [-0.4, -0.2) is 56.7 Å². The molecule has 11 heteroatoms. The summed E-state index contributed by atoms with van der Waals surface area (Å²) in [5.74, 6) is -1.34. The molecule has 2 N–H and O–H groups in total. The van der Waals surface area contributed by atoms with Crippen molar-refractivity contribution >= 4 is 24.2 Å². The molecule has 0 unspecified atom stereocenters. The van der Waals surface area contributed by atoms with Crippen molar-refractivity contribution in [3.8, 4) is 11.5 Å². The number of ether oxygens (including phenoxy) is 6. The Hall–Kier alpha value is -3.34. The van der Waals surface area contributed by atoms with Crippen LogP contribution in [0.3, 0.4) is 0 Å². The SMILES string of the molecule is CCCOC(=O)Oc1ccc(C[C@](N)(CCOC(=O)CC(C)(C)C)C(=O)OC)cc1OC(=O)OCCC. The first-order chi connectivity index (χ1) is 17.3. The smallest absolute Gasteiger partial charge is 0.468 e. The van der Waals surface area contributed by atoms with Gasteiger partial charge in [0.25, 0.3) is 0 Å². The van der Waals surface area contributed by atoms with Gasteiger partial charge in [0.1, 0.15) is 5.54 Å². The summed E-state index contributed by atoms with van der Waals surface area (Å²) >= 11 is 0. The molecule has 0 aliphatic rings. The van der Waals surface area contributed by atoms with Gasteiger partial charge >= 0.3 is 24.2 Å². The highest BCUT2D eigenvalue weighted by atomic mass is 16.7. The van der Waals surface area contributed by atoms with E-state index in [0.717, 1.165) is 0 Å². The number of benzene rings is 1. The van der Waals surface area contributed by atoms with Crippen LogP contribution in [-0.2, 0) is 35.0 Å². The van der Waals surface area contributed by atoms with E-state index in [1.165, 1.54) is 19.2 Å². The lowest BCUT2D eigenvalue weighted by molar-refractivity contribution is -0.152. The summed E-state index contributed by atoms with van der Waals surface area (Å²) in [6, 6.07) is 4.32. The fraction of sp³-hybridized carbons (Fsp3) is 0.615. The number of nitrogens with two attached hydrogens (primary N) is 1. The molecule has 11 nitrogen and oxygen atoms in total. The molecular weight excluding hydrogens is 486 g/mol. The zero-order valence-corrected chi connectivity index (χ0v) is 22.5. The number of carbonyl (C=O) groups is 4. The zero-order chi connectivity index (χ0) is 28.1. The fourth-order valence-corrected chi connectivity index (χ4v) is 3.10. The highest BCUT2D eigenvalue weighted by molar-refractivity contribution is 5.81. The second-order valence-electron chi connectivity index (χ2n) is 9.71. The van der Waals surface area contributed by atoms with E-state index in [2.05, 4.69) is 0 Å². The van der Waals surface area contributed by atoms with E-state index in [4.69, 9.17) is 34.2 Å². The van der Waals surface area contributed by atoms with Crippen LogP contribution in [0.15, 0.2) is 18.2 Å². The largest absolute Gasteiger partial charge is 0.513 e. The number of hydrogen-bond acceptors (Lipinski definition) is 11. The predicted octanol–water partition coefficient (Wildman–Crippen LogP) is 4.32. The molecule has 1 aromatic rings. The molecule has 1 rings (SSSR count). The lowest BCUT2D eigenvalue weighted by Crippen LogP contribution is -2.51. The molecule has 0 heterocycles. The molecule has 0 spiro atoms. The molecule has 0 radical (unpaired) electrons. The van der Waals surface area contributed by atoms with Crippen molar-refractivity contribution in [3.05, 3.63) is 23.8 Å². The van der Waals surface area contributed by atoms with Crippen molar-refractivity contribution in [2.24, 2.45) is 11.1 Å². The average Bonchev–Trinajstić information content (AvgIpc) is 2.81. The van der Waals surface area contributed by atoms with Crippen LogP contribution in [0.2, 0.25) is 0 Å². The molecule has 1 aromatic carbocycles. The molecule has 0 bridgehead atoms. The lowest BCUT2D eigenvalue weighted by atomic mass is 9.88. The molecule has 0 saturated heterocycles. The van der Waals surface area contributed by atoms with Crippen molar-refractivity contribution in [1.82, 2.24) is 0 Å². The molecule has 0 aliphatic heterocycles. The molecule has 0 saturated carbocycles. The first-order valence-electron chi connectivity index (χ1n) is 12.2. The van der Waals surface area contributed by atoms with Gasteiger partial charge in [0.15, 0.2) is 11.5 Å². The third kappa shape index (κ3) is 12.0. The topological polar surface area (TPSA) is 150 Å². The second-order valence-corrected chi connectivity index (χ2v) is 9.71. The minimum atomic E-state index is -1.56. The van der Waals surface area contributed by atoms with E-state index in [-0.39, 0.29) is 56.0 Å². The van der Waals surface area contributed by atoms with Crippen LogP contribution in [0.1, 0.15) is 65.9 Å². The first kappa shape index (κ1) is 31.7. The van der Waals surface area contributed by atoms with Crippen LogP contribution in [0.4, 0.5) is 9.59 Å². The van der Waals surface area contributed by atoms with Crippen molar-refractivity contribution in [2.75, 3.05) is 26.9 Å². The third-order valence-electron chi connectivity index (χ3n) is 4.84. The van der Waals surface area contributed by atoms with E-state index in [1.54, 1.807) is 6.07 Å². The van der Waals surface area contributed by atoms with Crippen molar-refractivity contribution in [3.63, 3.8) is 0 Å². The Balaban J connectivity index is 3.11. The van der Waals surface area contributed by atoms with E-state index in [1.807, 2.05) is 34.6 Å². The molecule has 37 heavy (non-hydrogen) atoms. The average molecular weight is 526 g/mol. The minimum absolute atomic E-state index is 0.0219. The summed E-state index contributed by atoms with van der Waals surface area (Å²) in [4.78, 5) is 48.6. The summed E-state index contributed by atoms with van der Waals surface area (Å²) in [6.07, 6.45) is -0.664. The Morgan fingerprint density at radius 2 is 1.41 bits per heavy atom. The number of hydrogen-bond donors (Lipinski definition) is 1. The number of methoxy groups -OCH3 is 1. The van der Waals surface area contributed by atoms with Gasteiger partial charge in [-0.1, -0.05) is 40.7 Å². The number of carbonyl (C=O) groups excluding carboxylic acids is 4. The number of rotatable bonds is 13. The Labute approximate surface area is 217 Å². The first-order valence-corrected chi connectivity index (χ1v) is 12.2. The van der Waals surface area contributed by atoms with Gasteiger partial charge in [-0.2, -0.15) is 0 Å². The summed E-state index contributed by atoms with van der Waals surface area (Å²) in [6.45, 7) is 9.56. The van der Waals surface area contributed by atoms with Gasteiger partial charge in [-0.15, -0.1) is 0 Å². The van der Waals surface area contributed by atoms with Crippen molar-refractivity contribution in [1.29, 1.82) is 0 Å². The van der Waals surface area contributed by atoms with Gasteiger partial charge in [-0.3, -0.25) is 9.59 Å². The van der Waals surface area contributed by atoms with E-state index in [9.17, 15) is 19.2 Å². The van der Waals surface area contributed by atoms with Crippen LogP contribution in [0, 0.1) is 5.41 Å². The highest BCUT2D eigenvalue weighted by Gasteiger charge is 2.36. The highest BCUT2D eigenvalue weighted by Crippen LogP contribution is 2.31. The zero-order valence-electron chi connectivity index (χ0n) is 22.5. The second kappa shape index (κ2) is 15.0. The maximum absolute atomic E-state index is 12.6. The van der Waals surface area contributed by atoms with Crippen LogP contribution < -0.4 is 15.2 Å². The van der Waals surface area contributed by atoms with Gasteiger partial charge in [0.2, 0.25) is 0 Å². The Kier molecular flexibility index (Phi) is 12.9. The lowest BCUT2D eigenvalue weighted by Gasteiger charge is -2.27.